The number of aryl methyl sites for hydroxylation is 1. The van der Waals surface area contributed by atoms with Gasteiger partial charge < -0.3 is 19.4 Å². The van der Waals surface area contributed by atoms with Gasteiger partial charge in [0.2, 0.25) is 0 Å². The lowest BCUT2D eigenvalue weighted by Crippen LogP contribution is -2.44. The van der Waals surface area contributed by atoms with Crippen LogP contribution in [0.2, 0.25) is 0 Å². The Bertz CT molecular complexity index is 855. The summed E-state index contributed by atoms with van der Waals surface area (Å²) in [6, 6.07) is 5.03. The Hall–Kier alpha value is -2.61. The summed E-state index contributed by atoms with van der Waals surface area (Å²) in [5, 5.41) is 4.58. The number of ether oxygens (including phenoxy) is 2. The van der Waals surface area contributed by atoms with Gasteiger partial charge in [-0.1, -0.05) is 19.9 Å². The minimum absolute atomic E-state index is 0.190. The first-order chi connectivity index (χ1) is 13.7. The summed E-state index contributed by atoms with van der Waals surface area (Å²) in [5.74, 6) is -1.43. The molecule has 0 aliphatic heterocycles. The smallest absolute Gasteiger partial charge is 0.340 e. The monoisotopic (exact) mass is 420 g/mol. The van der Waals surface area contributed by atoms with Crippen LogP contribution in [0, 0.1) is 19.8 Å². The fraction of sp³-hybridized carbons (Fsp3) is 0.476. The van der Waals surface area contributed by atoms with Crippen molar-refractivity contribution >= 4 is 29.2 Å². The number of amides is 1. The van der Waals surface area contributed by atoms with Crippen molar-refractivity contribution in [3.05, 3.63) is 45.4 Å². The quantitative estimate of drug-likeness (QED) is 0.630. The summed E-state index contributed by atoms with van der Waals surface area (Å²) in [6.45, 7) is 7.88. The Morgan fingerprint density at radius 1 is 1.24 bits per heavy atom. The van der Waals surface area contributed by atoms with E-state index in [2.05, 4.69) is 5.32 Å². The van der Waals surface area contributed by atoms with E-state index in [1.165, 1.54) is 12.0 Å². The summed E-state index contributed by atoms with van der Waals surface area (Å²) in [4.78, 5) is 37.6. The number of carbonyl (C=O) groups excluding carboxylic acids is 3. The molecule has 2 rings (SSSR count). The van der Waals surface area contributed by atoms with Crippen LogP contribution in [-0.4, -0.2) is 42.2 Å². The summed E-state index contributed by atoms with van der Waals surface area (Å²) >= 11 is 1.65. The van der Waals surface area contributed by atoms with Gasteiger partial charge >= 0.3 is 11.9 Å². The molecule has 2 aromatic rings. The average molecular weight is 421 g/mol. The van der Waals surface area contributed by atoms with Gasteiger partial charge in [0, 0.05) is 16.3 Å². The molecule has 8 heteroatoms. The number of rotatable bonds is 9. The maximum absolute atomic E-state index is 12.5. The maximum Gasteiger partial charge on any atom is 0.340 e. The van der Waals surface area contributed by atoms with Gasteiger partial charge in [-0.2, -0.15) is 0 Å². The molecule has 29 heavy (non-hydrogen) atoms. The van der Waals surface area contributed by atoms with Crippen LogP contribution in [-0.2, 0) is 25.6 Å². The van der Waals surface area contributed by atoms with Crippen molar-refractivity contribution in [1.82, 2.24) is 9.88 Å². The number of hydrogen-bond acceptors (Lipinski definition) is 6. The van der Waals surface area contributed by atoms with Gasteiger partial charge in [0.1, 0.15) is 6.04 Å². The highest BCUT2D eigenvalue weighted by molar-refractivity contribution is 7.09. The summed E-state index contributed by atoms with van der Waals surface area (Å²) in [7, 11) is 1.27. The van der Waals surface area contributed by atoms with E-state index < -0.39 is 30.5 Å². The first-order valence-corrected chi connectivity index (χ1v) is 10.3. The first kappa shape index (κ1) is 22.7. The van der Waals surface area contributed by atoms with E-state index in [9.17, 15) is 14.4 Å². The molecule has 0 radical (unpaired) electrons. The van der Waals surface area contributed by atoms with Gasteiger partial charge in [-0.15, -0.1) is 11.3 Å². The second-order valence-corrected chi connectivity index (χ2v) is 8.33. The van der Waals surface area contributed by atoms with Gasteiger partial charge in [0.05, 0.1) is 19.2 Å². The molecule has 0 bridgehead atoms. The number of carbonyl (C=O) groups is 3. The largest absolute Gasteiger partial charge is 0.467 e. The van der Waals surface area contributed by atoms with E-state index in [0.29, 0.717) is 18.5 Å². The Labute approximate surface area is 175 Å². The molecule has 1 atom stereocenters. The molecule has 0 saturated heterocycles. The van der Waals surface area contributed by atoms with Crippen LogP contribution in [0.1, 0.15) is 46.9 Å². The number of methoxy groups -OCH3 is 1. The van der Waals surface area contributed by atoms with Gasteiger partial charge in [-0.3, -0.25) is 4.79 Å². The van der Waals surface area contributed by atoms with Crippen molar-refractivity contribution in [2.24, 2.45) is 5.92 Å². The summed E-state index contributed by atoms with van der Waals surface area (Å²) in [6.07, 6.45) is 0.441. The number of thiophene rings is 1. The number of esters is 2. The summed E-state index contributed by atoms with van der Waals surface area (Å²) < 4.78 is 11.9. The molecule has 0 aliphatic carbocycles. The predicted octanol–water partition coefficient (Wildman–Crippen LogP) is 3.08. The minimum Gasteiger partial charge on any atom is -0.467 e. The molecule has 158 valence electrons. The normalized spacial score (nSPS) is 11.9. The molecule has 0 spiro atoms. The van der Waals surface area contributed by atoms with Gasteiger partial charge in [-0.25, -0.2) is 9.59 Å². The zero-order valence-corrected chi connectivity index (χ0v) is 18.3. The van der Waals surface area contributed by atoms with Crippen LogP contribution in [0.3, 0.4) is 0 Å². The zero-order chi connectivity index (χ0) is 21.6. The van der Waals surface area contributed by atoms with Crippen molar-refractivity contribution in [2.75, 3.05) is 13.7 Å². The van der Waals surface area contributed by atoms with E-state index in [-0.39, 0.29) is 5.92 Å². The third-order valence-corrected chi connectivity index (χ3v) is 5.41. The Morgan fingerprint density at radius 2 is 1.97 bits per heavy atom. The standard InChI is InChI=1S/C21H28N2O5S/c1-13(2)9-18(21(26)27-5)22-19(24)12-28-20(25)17-10-14(3)23(15(17)4)11-16-7-6-8-29-16/h6-8,10,13,18H,9,11-12H2,1-5H3,(H,22,24)/t18-/m0/s1. The van der Waals surface area contributed by atoms with Crippen molar-refractivity contribution in [3.8, 4) is 0 Å². The van der Waals surface area contributed by atoms with Gasteiger partial charge in [0.25, 0.3) is 5.91 Å². The maximum atomic E-state index is 12.5. The number of nitrogens with zero attached hydrogens (tertiary/aromatic N) is 1. The molecule has 7 nitrogen and oxygen atoms in total. The minimum atomic E-state index is -0.762. The van der Waals surface area contributed by atoms with Gasteiger partial charge in [0.15, 0.2) is 6.61 Å². The van der Waals surface area contributed by atoms with E-state index in [4.69, 9.17) is 9.47 Å². The second-order valence-electron chi connectivity index (χ2n) is 7.30. The molecule has 0 fully saturated rings. The topological polar surface area (TPSA) is 86.6 Å². The van der Waals surface area contributed by atoms with E-state index in [1.807, 2.05) is 49.8 Å². The summed E-state index contributed by atoms with van der Waals surface area (Å²) in [5.41, 5.74) is 2.15. The molecule has 0 saturated carbocycles. The van der Waals surface area contributed by atoms with Crippen molar-refractivity contribution in [3.63, 3.8) is 0 Å². The Morgan fingerprint density at radius 3 is 2.55 bits per heavy atom. The number of aromatic nitrogens is 1. The number of nitrogens with one attached hydrogen (secondary N) is 1. The second kappa shape index (κ2) is 10.2. The van der Waals surface area contributed by atoms with Crippen molar-refractivity contribution < 1.29 is 23.9 Å². The Balaban J connectivity index is 1.98. The van der Waals surface area contributed by atoms with Crippen LogP contribution in [0.5, 0.6) is 0 Å². The molecule has 1 amide bonds. The predicted molar refractivity (Wildman–Crippen MR) is 111 cm³/mol. The average Bonchev–Trinajstić information content (AvgIpc) is 3.28. The lowest BCUT2D eigenvalue weighted by molar-refractivity contribution is -0.145. The molecule has 2 aromatic heterocycles. The molecule has 1 N–H and O–H groups in total. The van der Waals surface area contributed by atoms with Crippen LogP contribution < -0.4 is 5.32 Å². The third-order valence-electron chi connectivity index (χ3n) is 4.55. The van der Waals surface area contributed by atoms with E-state index >= 15 is 0 Å². The van der Waals surface area contributed by atoms with Crippen molar-refractivity contribution in [1.29, 1.82) is 0 Å². The van der Waals surface area contributed by atoms with Crippen LogP contribution in [0.25, 0.3) is 0 Å². The SMILES string of the molecule is COC(=O)[C@H](CC(C)C)NC(=O)COC(=O)c1cc(C)n(Cc2cccs2)c1C. The fourth-order valence-electron chi connectivity index (χ4n) is 3.08. The fourth-order valence-corrected chi connectivity index (χ4v) is 3.77. The highest BCUT2D eigenvalue weighted by Gasteiger charge is 2.24. The van der Waals surface area contributed by atoms with Crippen molar-refractivity contribution in [2.45, 2.75) is 46.7 Å². The molecule has 0 aliphatic rings. The molecular formula is C21H28N2O5S. The lowest BCUT2D eigenvalue weighted by atomic mass is 10.0. The third kappa shape index (κ3) is 6.19. The highest BCUT2D eigenvalue weighted by Crippen LogP contribution is 2.20. The molecular weight excluding hydrogens is 392 g/mol. The highest BCUT2D eigenvalue weighted by atomic mass is 32.1. The first-order valence-electron chi connectivity index (χ1n) is 9.46. The van der Waals surface area contributed by atoms with E-state index in [0.717, 1.165) is 11.4 Å². The molecule has 0 aromatic carbocycles. The van der Waals surface area contributed by atoms with Crippen LogP contribution >= 0.6 is 11.3 Å². The molecule has 2 heterocycles. The Kier molecular flexibility index (Phi) is 8.01. The lowest BCUT2D eigenvalue weighted by Gasteiger charge is -2.18. The van der Waals surface area contributed by atoms with Crippen LogP contribution in [0.4, 0.5) is 0 Å². The van der Waals surface area contributed by atoms with Gasteiger partial charge in [-0.05, 0) is 43.7 Å². The molecule has 0 unspecified atom stereocenters. The zero-order valence-electron chi connectivity index (χ0n) is 17.5. The van der Waals surface area contributed by atoms with Crippen LogP contribution in [0.15, 0.2) is 23.6 Å². The number of hydrogen-bond donors (Lipinski definition) is 1. The van der Waals surface area contributed by atoms with E-state index in [1.54, 1.807) is 17.4 Å².